The summed E-state index contributed by atoms with van der Waals surface area (Å²) in [6.45, 7) is 0. The lowest BCUT2D eigenvalue weighted by molar-refractivity contribution is 0.669. The average Bonchev–Trinajstić information content (AvgIpc) is 1.59. The lowest BCUT2D eigenvalue weighted by Crippen LogP contribution is -1.95. The largest absolute Gasteiger partial charge is 0.456 e. The fourth-order valence-electron chi connectivity index (χ4n) is 16.8. The van der Waals surface area contributed by atoms with Crippen LogP contribution in [-0.4, -0.2) is 18.3 Å². The minimum absolute atomic E-state index is 0.893. The molecule has 0 bridgehead atoms. The maximum atomic E-state index is 6.67. The first-order valence-corrected chi connectivity index (χ1v) is 34.9. The Morgan fingerprint density at radius 1 is 0.167 bits per heavy atom. The standard InChI is InChI=1S/C96H58N4O2/c1-2-15-59(16-3-1)66-37-48-77-78-50-39-68(58-89(78)98(88(77)56-66)70-42-31-61(32-43-70)63-35-46-72(47-36-63)100-86-26-11-6-21-75(86)81-51-52-82-79-22-7-12-27-90(79)102-96(82)95(81)100)65-18-14-17-64(55-65)67-38-49-76-73-19-4-9-24-84(73)97(87(76)57-67)69-40-29-60(30-41-69)62-33-44-71(45-34-62)99-85-25-10-5-20-74(85)80-53-54-92-93(94(80)99)83-23-8-13-28-91(83)101-92/h1-58H. The van der Waals surface area contributed by atoms with Crippen LogP contribution in [0.2, 0.25) is 0 Å². The van der Waals surface area contributed by atoms with Crippen LogP contribution in [0.4, 0.5) is 0 Å². The van der Waals surface area contributed by atoms with Gasteiger partial charge in [-0.3, -0.25) is 0 Å². The van der Waals surface area contributed by atoms with Crippen molar-refractivity contribution in [2.75, 3.05) is 0 Å². The number of rotatable bonds is 9. The number of fused-ring (bicyclic) bond motifs is 20. The fraction of sp³-hybridized carbons (Fsp3) is 0. The number of hydrogen-bond acceptors (Lipinski definition) is 2. The van der Waals surface area contributed by atoms with Crippen LogP contribution in [0.5, 0.6) is 0 Å². The Hall–Kier alpha value is -13.7. The smallest absolute Gasteiger partial charge is 0.160 e. The van der Waals surface area contributed by atoms with Crippen molar-refractivity contribution in [1.29, 1.82) is 0 Å². The molecule has 102 heavy (non-hydrogen) atoms. The second-order valence-electron chi connectivity index (χ2n) is 27.1. The number of benzene rings is 16. The zero-order chi connectivity index (χ0) is 66.7. The van der Waals surface area contributed by atoms with E-state index in [-0.39, 0.29) is 0 Å². The molecule has 0 aliphatic heterocycles. The van der Waals surface area contributed by atoms with Gasteiger partial charge in [0.15, 0.2) is 5.58 Å². The van der Waals surface area contributed by atoms with Gasteiger partial charge in [0.1, 0.15) is 16.7 Å². The van der Waals surface area contributed by atoms with Gasteiger partial charge in [-0.25, -0.2) is 0 Å². The minimum atomic E-state index is 0.893. The first kappa shape index (κ1) is 56.3. The third-order valence-electron chi connectivity index (χ3n) is 21.6. The monoisotopic (exact) mass is 1300 g/mol. The number of nitrogens with zero attached hydrogens (tertiary/aromatic N) is 4. The first-order chi connectivity index (χ1) is 50.6. The molecule has 0 amide bonds. The van der Waals surface area contributed by atoms with E-state index in [1.165, 1.54) is 65.3 Å². The van der Waals surface area contributed by atoms with Gasteiger partial charge in [-0.2, -0.15) is 0 Å². The highest BCUT2D eigenvalue weighted by atomic mass is 16.3. The van der Waals surface area contributed by atoms with Crippen LogP contribution < -0.4 is 0 Å². The second-order valence-corrected chi connectivity index (χ2v) is 27.1. The van der Waals surface area contributed by atoms with E-state index in [1.54, 1.807) is 0 Å². The molecule has 22 aromatic rings. The van der Waals surface area contributed by atoms with E-state index in [4.69, 9.17) is 8.83 Å². The summed E-state index contributed by atoms with van der Waals surface area (Å²) in [5.74, 6) is 0. The van der Waals surface area contributed by atoms with E-state index in [0.717, 1.165) is 144 Å². The van der Waals surface area contributed by atoms with E-state index in [0.29, 0.717) is 0 Å². The maximum absolute atomic E-state index is 6.67. The fourth-order valence-corrected chi connectivity index (χ4v) is 16.8. The van der Waals surface area contributed by atoms with Crippen molar-refractivity contribution in [3.63, 3.8) is 0 Å². The molecule has 22 rings (SSSR count). The lowest BCUT2D eigenvalue weighted by Gasteiger charge is -2.13. The zero-order valence-electron chi connectivity index (χ0n) is 55.1. The van der Waals surface area contributed by atoms with Crippen LogP contribution in [-0.2, 0) is 0 Å². The molecule has 6 heterocycles. The lowest BCUT2D eigenvalue weighted by atomic mass is 9.97. The normalized spacial score (nSPS) is 12.1. The molecule has 0 saturated heterocycles. The highest BCUT2D eigenvalue weighted by molar-refractivity contribution is 6.25. The summed E-state index contributed by atoms with van der Waals surface area (Å²) in [7, 11) is 0. The maximum Gasteiger partial charge on any atom is 0.160 e. The molecular formula is C96H58N4O2. The SMILES string of the molecule is c1ccc(-c2ccc3c4ccc(-c5cccc(-c6ccc7c8ccccc8n(-c8ccc(-c9ccc(-n%10c%11ccccc%11c%11ccc%12oc%13ccccc%13c%12c%11%10)cc9)cc8)c7c6)c5)cc4n(-c4ccc(-c5ccc(-n6c7ccccc7c7ccc8c9ccccc9oc8c76)cc5)cc4)c3c2)cc1. The molecule has 0 unspecified atom stereocenters. The molecule has 474 valence electrons. The average molecular weight is 1300 g/mol. The number of para-hydroxylation sites is 5. The Labute approximate surface area is 584 Å². The second kappa shape index (κ2) is 21.9. The molecule has 0 aliphatic carbocycles. The molecule has 6 aromatic heterocycles. The summed E-state index contributed by atoms with van der Waals surface area (Å²) in [4.78, 5) is 0. The summed E-state index contributed by atoms with van der Waals surface area (Å²) in [5.41, 5.74) is 28.8. The Balaban J connectivity index is 0.600. The van der Waals surface area contributed by atoms with Gasteiger partial charge in [-0.15, -0.1) is 0 Å². The molecule has 0 fully saturated rings. The number of hydrogen-bond donors (Lipinski definition) is 0. The van der Waals surface area contributed by atoms with Crippen LogP contribution >= 0.6 is 0 Å². The molecule has 6 nitrogen and oxygen atoms in total. The van der Waals surface area contributed by atoms with E-state index in [1.807, 2.05) is 12.1 Å². The quantitative estimate of drug-likeness (QED) is 0.145. The van der Waals surface area contributed by atoms with Crippen molar-refractivity contribution in [2.45, 2.75) is 0 Å². The van der Waals surface area contributed by atoms with E-state index in [2.05, 4.69) is 358 Å². The third-order valence-corrected chi connectivity index (χ3v) is 21.6. The third kappa shape index (κ3) is 8.47. The predicted molar refractivity (Wildman–Crippen MR) is 426 cm³/mol. The Kier molecular flexibility index (Phi) is 12.1. The summed E-state index contributed by atoms with van der Waals surface area (Å²) in [6.07, 6.45) is 0. The van der Waals surface area contributed by atoms with Crippen LogP contribution in [0.25, 0.3) is 209 Å². The minimum Gasteiger partial charge on any atom is -0.456 e. The summed E-state index contributed by atoms with van der Waals surface area (Å²) >= 11 is 0. The molecule has 0 radical (unpaired) electrons. The van der Waals surface area contributed by atoms with Gasteiger partial charge in [0.25, 0.3) is 0 Å². The van der Waals surface area contributed by atoms with Gasteiger partial charge in [-0.05, 0) is 177 Å². The van der Waals surface area contributed by atoms with Crippen molar-refractivity contribution < 1.29 is 8.83 Å². The first-order valence-electron chi connectivity index (χ1n) is 34.9. The van der Waals surface area contributed by atoms with Crippen LogP contribution in [0, 0.1) is 0 Å². The van der Waals surface area contributed by atoms with Gasteiger partial charge in [0.2, 0.25) is 0 Å². The molecule has 0 spiro atoms. The van der Waals surface area contributed by atoms with Crippen molar-refractivity contribution in [3.8, 4) is 78.4 Å². The molecule has 6 heteroatoms. The van der Waals surface area contributed by atoms with Gasteiger partial charge in [0, 0.05) is 82.0 Å². The Bertz CT molecular complexity index is 7200. The number of aromatic nitrogens is 4. The van der Waals surface area contributed by atoms with E-state index < -0.39 is 0 Å². The van der Waals surface area contributed by atoms with Crippen LogP contribution in [0.1, 0.15) is 0 Å². The van der Waals surface area contributed by atoms with Crippen molar-refractivity contribution in [1.82, 2.24) is 18.3 Å². The molecule has 0 aliphatic rings. The highest BCUT2D eigenvalue weighted by Gasteiger charge is 2.23. The molecule has 0 N–H and O–H groups in total. The summed E-state index contributed by atoms with van der Waals surface area (Å²) < 4.78 is 22.8. The van der Waals surface area contributed by atoms with E-state index in [9.17, 15) is 0 Å². The topological polar surface area (TPSA) is 46.0 Å². The van der Waals surface area contributed by atoms with Crippen LogP contribution in [0.15, 0.2) is 361 Å². The van der Waals surface area contributed by atoms with Gasteiger partial charge in [-0.1, -0.05) is 231 Å². The molecule has 0 saturated carbocycles. The highest BCUT2D eigenvalue weighted by Crippen LogP contribution is 2.45. The Morgan fingerprint density at radius 2 is 0.490 bits per heavy atom. The van der Waals surface area contributed by atoms with E-state index >= 15 is 0 Å². The molecular weight excluding hydrogens is 1240 g/mol. The molecule has 16 aromatic carbocycles. The van der Waals surface area contributed by atoms with Crippen molar-refractivity contribution in [2.24, 2.45) is 0 Å². The summed E-state index contributed by atoms with van der Waals surface area (Å²) in [5, 5.41) is 14.2. The zero-order valence-corrected chi connectivity index (χ0v) is 55.1. The van der Waals surface area contributed by atoms with Crippen molar-refractivity contribution >= 4 is 131 Å². The Morgan fingerprint density at radius 3 is 1.02 bits per heavy atom. The van der Waals surface area contributed by atoms with Crippen LogP contribution in [0.3, 0.4) is 0 Å². The summed E-state index contributed by atoms with van der Waals surface area (Å²) in [6, 6.07) is 129. The predicted octanol–water partition coefficient (Wildman–Crippen LogP) is 26.2. The number of furan rings is 2. The van der Waals surface area contributed by atoms with Gasteiger partial charge >= 0.3 is 0 Å². The van der Waals surface area contributed by atoms with Gasteiger partial charge < -0.3 is 27.1 Å². The van der Waals surface area contributed by atoms with Gasteiger partial charge in [0.05, 0.1) is 49.5 Å². The van der Waals surface area contributed by atoms with Crippen molar-refractivity contribution in [3.05, 3.63) is 352 Å². The molecule has 0 atom stereocenters.